The van der Waals surface area contributed by atoms with Crippen molar-refractivity contribution in [1.29, 1.82) is 0 Å². The second kappa shape index (κ2) is 6.44. The van der Waals surface area contributed by atoms with Crippen molar-refractivity contribution in [3.63, 3.8) is 0 Å². The van der Waals surface area contributed by atoms with E-state index in [-0.39, 0.29) is 11.7 Å². The van der Waals surface area contributed by atoms with Gasteiger partial charge in [-0.3, -0.25) is 0 Å². The Morgan fingerprint density at radius 2 is 1.18 bits per heavy atom. The van der Waals surface area contributed by atoms with Crippen LogP contribution in [-0.2, 0) is 0 Å². The van der Waals surface area contributed by atoms with Gasteiger partial charge >= 0.3 is 0 Å². The minimum atomic E-state index is -0.217. The van der Waals surface area contributed by atoms with Crippen LogP contribution >= 0.6 is 0 Å². The van der Waals surface area contributed by atoms with Crippen molar-refractivity contribution in [3.8, 4) is 5.75 Å². The first-order valence-electron chi connectivity index (χ1n) is 7.22. The molecule has 0 aliphatic rings. The lowest BCUT2D eigenvalue weighted by Gasteiger charge is -2.19. The second-order valence-electron chi connectivity index (χ2n) is 5.17. The van der Waals surface area contributed by atoms with Gasteiger partial charge in [-0.25, -0.2) is 4.39 Å². The van der Waals surface area contributed by atoms with E-state index < -0.39 is 0 Å². The third kappa shape index (κ3) is 3.01. The van der Waals surface area contributed by atoms with Crippen LogP contribution in [0.3, 0.4) is 0 Å². The zero-order valence-corrected chi connectivity index (χ0v) is 12.4. The molecule has 0 N–H and O–H groups in total. The Hall–Kier alpha value is -2.61. The molecule has 0 saturated heterocycles. The summed E-state index contributed by atoms with van der Waals surface area (Å²) in [5, 5.41) is 0. The summed E-state index contributed by atoms with van der Waals surface area (Å²) in [6, 6.07) is 25.0. The maximum absolute atomic E-state index is 13.2. The smallest absolute Gasteiger partial charge is 0.123 e. The monoisotopic (exact) mass is 292 g/mol. The van der Waals surface area contributed by atoms with Gasteiger partial charge in [-0.15, -0.1) is 0 Å². The van der Waals surface area contributed by atoms with Crippen LogP contribution in [-0.4, -0.2) is 7.11 Å². The summed E-state index contributed by atoms with van der Waals surface area (Å²) in [7, 11) is 1.66. The largest absolute Gasteiger partial charge is 0.497 e. The molecule has 0 saturated carbocycles. The Morgan fingerprint density at radius 3 is 1.73 bits per heavy atom. The van der Waals surface area contributed by atoms with Crippen LogP contribution in [0, 0.1) is 5.82 Å². The Morgan fingerprint density at radius 1 is 0.682 bits per heavy atom. The number of hydrogen-bond donors (Lipinski definition) is 0. The maximum atomic E-state index is 13.2. The third-order valence-electron chi connectivity index (χ3n) is 3.79. The molecule has 0 aliphatic heterocycles. The minimum absolute atomic E-state index is 0.0766. The molecule has 3 rings (SSSR count). The fraction of sp³-hybridized carbons (Fsp3) is 0.100. The molecular weight excluding hydrogens is 275 g/mol. The molecule has 0 heterocycles. The second-order valence-corrected chi connectivity index (χ2v) is 5.17. The topological polar surface area (TPSA) is 9.23 Å². The van der Waals surface area contributed by atoms with Gasteiger partial charge < -0.3 is 4.74 Å². The van der Waals surface area contributed by atoms with E-state index in [9.17, 15) is 4.39 Å². The molecule has 0 fully saturated rings. The molecule has 1 unspecified atom stereocenters. The fourth-order valence-electron chi connectivity index (χ4n) is 2.67. The van der Waals surface area contributed by atoms with E-state index in [1.54, 1.807) is 7.11 Å². The van der Waals surface area contributed by atoms with Gasteiger partial charge in [0.15, 0.2) is 0 Å². The number of ether oxygens (including phenoxy) is 1. The summed E-state index contributed by atoms with van der Waals surface area (Å²) in [6.45, 7) is 0. The molecule has 0 amide bonds. The molecule has 1 atom stereocenters. The molecule has 22 heavy (non-hydrogen) atoms. The maximum Gasteiger partial charge on any atom is 0.123 e. The van der Waals surface area contributed by atoms with Crippen LogP contribution in [0.25, 0.3) is 0 Å². The number of hydrogen-bond acceptors (Lipinski definition) is 1. The lowest BCUT2D eigenvalue weighted by atomic mass is 9.85. The molecule has 0 aliphatic carbocycles. The van der Waals surface area contributed by atoms with E-state index in [2.05, 4.69) is 24.3 Å². The van der Waals surface area contributed by atoms with E-state index in [1.807, 2.05) is 42.5 Å². The third-order valence-corrected chi connectivity index (χ3v) is 3.79. The van der Waals surface area contributed by atoms with E-state index in [1.165, 1.54) is 17.7 Å². The van der Waals surface area contributed by atoms with Crippen LogP contribution < -0.4 is 4.74 Å². The quantitative estimate of drug-likeness (QED) is 0.614. The van der Waals surface area contributed by atoms with Crippen LogP contribution in [0.15, 0.2) is 78.9 Å². The number of methoxy groups -OCH3 is 1. The predicted molar refractivity (Wildman–Crippen MR) is 86.8 cm³/mol. The predicted octanol–water partition coefficient (Wildman–Crippen LogP) is 5.01. The van der Waals surface area contributed by atoms with Crippen LogP contribution in [0.2, 0.25) is 0 Å². The van der Waals surface area contributed by atoms with Crippen LogP contribution in [0.4, 0.5) is 4.39 Å². The Bertz CT molecular complexity index is 718. The molecule has 0 bridgehead atoms. The summed E-state index contributed by atoms with van der Waals surface area (Å²) in [5.74, 6) is 0.688. The van der Waals surface area contributed by atoms with Crippen molar-refractivity contribution >= 4 is 0 Å². The number of halogens is 1. The average molecular weight is 292 g/mol. The SMILES string of the molecule is COc1ccc(C(c2ccccc2)c2ccc(F)cc2)cc1. The highest BCUT2D eigenvalue weighted by atomic mass is 19.1. The van der Waals surface area contributed by atoms with Crippen LogP contribution in [0.1, 0.15) is 22.6 Å². The van der Waals surface area contributed by atoms with E-state index >= 15 is 0 Å². The number of benzene rings is 3. The minimum Gasteiger partial charge on any atom is -0.497 e. The van der Waals surface area contributed by atoms with Crippen molar-refractivity contribution < 1.29 is 9.13 Å². The van der Waals surface area contributed by atoms with Crippen molar-refractivity contribution in [3.05, 3.63) is 101 Å². The van der Waals surface area contributed by atoms with Gasteiger partial charge in [0, 0.05) is 5.92 Å². The zero-order valence-electron chi connectivity index (χ0n) is 12.4. The van der Waals surface area contributed by atoms with Gasteiger partial charge in [0.25, 0.3) is 0 Å². The average Bonchev–Trinajstić information content (AvgIpc) is 2.58. The summed E-state index contributed by atoms with van der Waals surface area (Å²) in [6.07, 6.45) is 0. The highest BCUT2D eigenvalue weighted by Gasteiger charge is 2.16. The highest BCUT2D eigenvalue weighted by Crippen LogP contribution is 2.32. The molecular formula is C20H17FO. The molecule has 0 aromatic heterocycles. The van der Waals surface area contributed by atoms with Crippen LogP contribution in [0.5, 0.6) is 5.75 Å². The van der Waals surface area contributed by atoms with Gasteiger partial charge in [0.05, 0.1) is 7.11 Å². The first-order chi connectivity index (χ1) is 10.8. The number of rotatable bonds is 4. The van der Waals surface area contributed by atoms with Crippen molar-refractivity contribution in [2.75, 3.05) is 7.11 Å². The molecule has 3 aromatic carbocycles. The zero-order chi connectivity index (χ0) is 15.4. The summed E-state index contributed by atoms with van der Waals surface area (Å²) >= 11 is 0. The first-order valence-corrected chi connectivity index (χ1v) is 7.22. The van der Waals surface area contributed by atoms with E-state index in [0.29, 0.717) is 0 Å². The van der Waals surface area contributed by atoms with Crippen molar-refractivity contribution in [2.24, 2.45) is 0 Å². The van der Waals surface area contributed by atoms with Crippen molar-refractivity contribution in [2.45, 2.75) is 5.92 Å². The summed E-state index contributed by atoms with van der Waals surface area (Å²) in [5.41, 5.74) is 3.40. The molecule has 1 nitrogen and oxygen atoms in total. The van der Waals surface area contributed by atoms with Gasteiger partial charge in [-0.2, -0.15) is 0 Å². The van der Waals surface area contributed by atoms with E-state index in [4.69, 9.17) is 4.74 Å². The lowest BCUT2D eigenvalue weighted by molar-refractivity contribution is 0.414. The van der Waals surface area contributed by atoms with Gasteiger partial charge in [0.1, 0.15) is 11.6 Å². The lowest BCUT2D eigenvalue weighted by Crippen LogP contribution is -2.03. The first kappa shape index (κ1) is 14.3. The normalized spacial score (nSPS) is 11.9. The summed E-state index contributed by atoms with van der Waals surface area (Å²) < 4.78 is 18.5. The Balaban J connectivity index is 2.07. The Labute approximate surface area is 130 Å². The Kier molecular flexibility index (Phi) is 4.19. The molecule has 110 valence electrons. The van der Waals surface area contributed by atoms with Gasteiger partial charge in [0.2, 0.25) is 0 Å². The van der Waals surface area contributed by atoms with E-state index in [0.717, 1.165) is 16.9 Å². The molecule has 0 spiro atoms. The molecule has 2 heteroatoms. The molecule has 0 radical (unpaired) electrons. The standard InChI is InChI=1S/C20H17FO/c1-22-19-13-9-17(10-14-19)20(15-5-3-2-4-6-15)16-7-11-18(21)12-8-16/h2-14,20H,1H3. The molecule has 3 aromatic rings. The fourth-order valence-corrected chi connectivity index (χ4v) is 2.67. The van der Waals surface area contributed by atoms with Crippen molar-refractivity contribution in [1.82, 2.24) is 0 Å². The van der Waals surface area contributed by atoms with Gasteiger partial charge in [-0.05, 0) is 41.0 Å². The summed E-state index contributed by atoms with van der Waals surface area (Å²) in [4.78, 5) is 0. The van der Waals surface area contributed by atoms with Gasteiger partial charge in [-0.1, -0.05) is 54.6 Å². The highest BCUT2D eigenvalue weighted by molar-refractivity contribution is 5.44.